The van der Waals surface area contributed by atoms with Gasteiger partial charge in [-0.05, 0) is 59.8 Å². The van der Waals surface area contributed by atoms with Gasteiger partial charge in [-0.3, -0.25) is 0 Å². The maximum absolute atomic E-state index is 5.65. The van der Waals surface area contributed by atoms with Crippen LogP contribution in [0.5, 0.6) is 0 Å². The lowest BCUT2D eigenvalue weighted by Gasteiger charge is -2.22. The molecule has 98 valence electrons. The fourth-order valence-electron chi connectivity index (χ4n) is 2.64. The Morgan fingerprint density at radius 1 is 1.44 bits per heavy atom. The molecule has 4 heteroatoms. The van der Waals surface area contributed by atoms with Crippen LogP contribution >= 0.6 is 28.1 Å². The van der Waals surface area contributed by atoms with Gasteiger partial charge in [0.1, 0.15) is 4.99 Å². The number of rotatable bonds is 4. The lowest BCUT2D eigenvalue weighted by molar-refractivity contribution is 0.482. The molecule has 3 N–H and O–H groups in total. The van der Waals surface area contributed by atoms with Crippen LogP contribution in [0.1, 0.15) is 38.2 Å². The smallest absolute Gasteiger partial charge is 0.105 e. The van der Waals surface area contributed by atoms with E-state index in [4.69, 9.17) is 18.0 Å². The summed E-state index contributed by atoms with van der Waals surface area (Å²) in [6.45, 7) is 2.27. The molecule has 1 aromatic rings. The predicted molar refractivity (Wildman–Crippen MR) is 85.1 cm³/mol. The van der Waals surface area contributed by atoms with E-state index >= 15 is 0 Å². The van der Waals surface area contributed by atoms with Gasteiger partial charge in [-0.1, -0.05) is 25.1 Å². The third-order valence-electron chi connectivity index (χ3n) is 3.74. The van der Waals surface area contributed by atoms with Crippen LogP contribution in [0.3, 0.4) is 0 Å². The molecule has 1 aromatic carbocycles. The van der Waals surface area contributed by atoms with Crippen molar-refractivity contribution >= 4 is 38.8 Å². The molecule has 18 heavy (non-hydrogen) atoms. The van der Waals surface area contributed by atoms with Gasteiger partial charge in [0.15, 0.2) is 0 Å². The Hall–Kier alpha value is -0.610. The van der Waals surface area contributed by atoms with Gasteiger partial charge in [0.25, 0.3) is 0 Å². The molecule has 1 atom stereocenters. The summed E-state index contributed by atoms with van der Waals surface area (Å²) in [5.41, 5.74) is 7.67. The molecule has 0 aromatic heterocycles. The van der Waals surface area contributed by atoms with Crippen molar-refractivity contribution in [3.8, 4) is 0 Å². The fraction of sp³-hybridized carbons (Fsp3) is 0.500. The molecule has 1 aliphatic rings. The Bertz CT molecular complexity index is 441. The third-order valence-corrected chi connectivity index (χ3v) is 4.61. The van der Waals surface area contributed by atoms with Crippen LogP contribution in [-0.2, 0) is 0 Å². The van der Waals surface area contributed by atoms with Crippen LogP contribution in [0.2, 0.25) is 0 Å². The van der Waals surface area contributed by atoms with E-state index in [-0.39, 0.29) is 0 Å². The fourth-order valence-corrected chi connectivity index (χ4v) is 3.54. The van der Waals surface area contributed by atoms with E-state index in [0.29, 0.717) is 11.0 Å². The normalized spacial score (nSPS) is 17.7. The monoisotopic (exact) mass is 326 g/mol. The van der Waals surface area contributed by atoms with Crippen molar-refractivity contribution in [2.24, 2.45) is 11.7 Å². The first-order valence-corrected chi connectivity index (χ1v) is 7.64. The zero-order chi connectivity index (χ0) is 13.1. The second kappa shape index (κ2) is 6.02. The summed E-state index contributed by atoms with van der Waals surface area (Å²) in [4.78, 5) is 0.428. The number of nitrogens with one attached hydrogen (secondary N) is 1. The standard InChI is InChI=1S/C14H19BrN2S/c1-9(10-4-2-3-5-10)17-11-6-7-12(14(16)18)13(15)8-11/h6-10,17H,2-5H2,1H3,(H2,16,18). The molecule has 0 spiro atoms. The van der Waals surface area contributed by atoms with Gasteiger partial charge in [0, 0.05) is 21.8 Å². The Labute approximate surface area is 122 Å². The molecule has 0 bridgehead atoms. The van der Waals surface area contributed by atoms with E-state index in [1.54, 1.807) is 0 Å². The number of hydrogen-bond acceptors (Lipinski definition) is 2. The number of anilines is 1. The zero-order valence-corrected chi connectivity index (χ0v) is 13.0. The van der Waals surface area contributed by atoms with Gasteiger partial charge in [0.05, 0.1) is 0 Å². The summed E-state index contributed by atoms with van der Waals surface area (Å²) in [5, 5.41) is 3.58. The Kier molecular flexibility index (Phi) is 4.62. The van der Waals surface area contributed by atoms with Crippen molar-refractivity contribution in [1.82, 2.24) is 0 Å². The highest BCUT2D eigenvalue weighted by molar-refractivity contribution is 9.10. The first-order valence-electron chi connectivity index (χ1n) is 6.44. The lowest BCUT2D eigenvalue weighted by Crippen LogP contribution is -2.23. The van der Waals surface area contributed by atoms with Crippen LogP contribution in [0.25, 0.3) is 0 Å². The molecule has 1 unspecified atom stereocenters. The molecule has 0 saturated heterocycles. The Morgan fingerprint density at radius 2 is 2.11 bits per heavy atom. The maximum Gasteiger partial charge on any atom is 0.105 e. The summed E-state index contributed by atoms with van der Waals surface area (Å²) < 4.78 is 0.957. The van der Waals surface area contributed by atoms with E-state index in [1.165, 1.54) is 25.7 Å². The third kappa shape index (κ3) is 3.23. The van der Waals surface area contributed by atoms with Gasteiger partial charge >= 0.3 is 0 Å². The van der Waals surface area contributed by atoms with Gasteiger partial charge in [0.2, 0.25) is 0 Å². The van der Waals surface area contributed by atoms with Crippen LogP contribution in [-0.4, -0.2) is 11.0 Å². The van der Waals surface area contributed by atoms with Crippen LogP contribution in [0.15, 0.2) is 22.7 Å². The van der Waals surface area contributed by atoms with E-state index in [9.17, 15) is 0 Å². The molecular formula is C14H19BrN2S. The second-order valence-corrected chi connectivity index (χ2v) is 6.33. The summed E-state index contributed by atoms with van der Waals surface area (Å²) in [7, 11) is 0. The highest BCUT2D eigenvalue weighted by atomic mass is 79.9. The van der Waals surface area contributed by atoms with Gasteiger partial charge in [-0.2, -0.15) is 0 Å². The summed E-state index contributed by atoms with van der Waals surface area (Å²) >= 11 is 8.51. The van der Waals surface area contributed by atoms with Crippen molar-refractivity contribution in [1.29, 1.82) is 0 Å². The summed E-state index contributed by atoms with van der Waals surface area (Å²) in [5.74, 6) is 0.805. The van der Waals surface area contributed by atoms with E-state index in [2.05, 4.69) is 34.2 Å². The van der Waals surface area contributed by atoms with Gasteiger partial charge in [-0.15, -0.1) is 0 Å². The minimum atomic E-state index is 0.428. The van der Waals surface area contributed by atoms with Crippen LogP contribution < -0.4 is 11.1 Å². The molecule has 1 fully saturated rings. The summed E-state index contributed by atoms with van der Waals surface area (Å²) in [6.07, 6.45) is 5.45. The SMILES string of the molecule is CC(Nc1ccc(C(N)=S)c(Br)c1)C1CCCC1. The Morgan fingerprint density at radius 3 is 2.67 bits per heavy atom. The van der Waals surface area contributed by atoms with Crippen molar-refractivity contribution in [2.45, 2.75) is 38.6 Å². The highest BCUT2D eigenvalue weighted by Crippen LogP contribution is 2.30. The largest absolute Gasteiger partial charge is 0.389 e. The second-order valence-electron chi connectivity index (χ2n) is 5.04. The quantitative estimate of drug-likeness (QED) is 0.819. The van der Waals surface area contributed by atoms with E-state index in [1.807, 2.05) is 12.1 Å². The Balaban J connectivity index is 2.05. The number of halogens is 1. The minimum absolute atomic E-state index is 0.428. The number of hydrogen-bond donors (Lipinski definition) is 2. The summed E-state index contributed by atoms with van der Waals surface area (Å²) in [6, 6.07) is 6.59. The molecule has 0 amide bonds. The van der Waals surface area contributed by atoms with Gasteiger partial charge < -0.3 is 11.1 Å². The zero-order valence-electron chi connectivity index (χ0n) is 10.6. The van der Waals surface area contributed by atoms with Crippen LogP contribution in [0.4, 0.5) is 5.69 Å². The molecule has 2 rings (SSSR count). The van der Waals surface area contributed by atoms with Crippen molar-refractivity contribution in [3.63, 3.8) is 0 Å². The molecule has 0 heterocycles. The molecule has 0 radical (unpaired) electrons. The van der Waals surface area contributed by atoms with E-state index < -0.39 is 0 Å². The molecule has 1 aliphatic carbocycles. The topological polar surface area (TPSA) is 38.0 Å². The maximum atomic E-state index is 5.65. The molecule has 0 aliphatic heterocycles. The first kappa shape index (κ1) is 13.8. The van der Waals surface area contributed by atoms with Crippen molar-refractivity contribution in [3.05, 3.63) is 28.2 Å². The highest BCUT2D eigenvalue weighted by Gasteiger charge is 2.21. The lowest BCUT2D eigenvalue weighted by atomic mass is 9.99. The van der Waals surface area contributed by atoms with Gasteiger partial charge in [-0.25, -0.2) is 0 Å². The minimum Gasteiger partial charge on any atom is -0.389 e. The molecule has 2 nitrogen and oxygen atoms in total. The van der Waals surface area contributed by atoms with E-state index in [0.717, 1.165) is 21.6 Å². The number of thiocarbonyl (C=S) groups is 1. The average molecular weight is 327 g/mol. The number of nitrogens with two attached hydrogens (primary N) is 1. The van der Waals surface area contributed by atoms with Crippen molar-refractivity contribution < 1.29 is 0 Å². The van der Waals surface area contributed by atoms with Crippen molar-refractivity contribution in [2.75, 3.05) is 5.32 Å². The average Bonchev–Trinajstić information content (AvgIpc) is 2.81. The van der Waals surface area contributed by atoms with Crippen LogP contribution in [0, 0.1) is 5.92 Å². The molecule has 1 saturated carbocycles. The first-order chi connectivity index (χ1) is 8.58. The predicted octanol–water partition coefficient (Wildman–Crippen LogP) is 4.07. The number of benzene rings is 1. The molecular weight excluding hydrogens is 308 g/mol.